The fourth-order valence-corrected chi connectivity index (χ4v) is 3.88. The highest BCUT2D eigenvalue weighted by Gasteiger charge is 2.27. The van der Waals surface area contributed by atoms with Crippen molar-refractivity contribution in [1.29, 1.82) is 0 Å². The molecule has 21 heavy (non-hydrogen) atoms. The summed E-state index contributed by atoms with van der Waals surface area (Å²) in [5.74, 6) is 0.350. The van der Waals surface area contributed by atoms with Crippen LogP contribution in [0, 0.1) is 0 Å². The maximum absolute atomic E-state index is 11.3. The summed E-state index contributed by atoms with van der Waals surface area (Å²) in [6, 6.07) is 9.74. The van der Waals surface area contributed by atoms with Crippen molar-refractivity contribution in [2.75, 3.05) is 11.5 Å². The van der Waals surface area contributed by atoms with Gasteiger partial charge in [0.2, 0.25) is 0 Å². The number of benzene rings is 1. The van der Waals surface area contributed by atoms with E-state index in [9.17, 15) is 8.42 Å². The molecule has 0 radical (unpaired) electrons. The van der Waals surface area contributed by atoms with Gasteiger partial charge in [-0.2, -0.15) is 5.10 Å². The Hall–Kier alpha value is -1.73. The summed E-state index contributed by atoms with van der Waals surface area (Å²) in [6.07, 6.45) is 5.89. The highest BCUT2D eigenvalue weighted by Crippen LogP contribution is 2.10. The number of hydrogen-bond acceptors (Lipinski definition) is 4. The van der Waals surface area contributed by atoms with E-state index >= 15 is 0 Å². The Morgan fingerprint density at radius 1 is 1.33 bits per heavy atom. The lowest BCUT2D eigenvalue weighted by molar-refractivity contribution is 0.600. The van der Waals surface area contributed by atoms with Crippen LogP contribution >= 0.6 is 12.2 Å². The van der Waals surface area contributed by atoms with Crippen LogP contribution in [0.5, 0.6) is 0 Å². The van der Waals surface area contributed by atoms with Crippen LogP contribution in [-0.2, 0) is 9.84 Å². The summed E-state index contributed by atoms with van der Waals surface area (Å²) in [5.41, 5.74) is 3.75. The van der Waals surface area contributed by atoms with E-state index in [2.05, 4.69) is 15.8 Å². The summed E-state index contributed by atoms with van der Waals surface area (Å²) < 4.78 is 22.6. The molecule has 1 atom stereocenters. The Bertz CT molecular complexity index is 639. The molecule has 1 fully saturated rings. The molecule has 1 aliphatic rings. The van der Waals surface area contributed by atoms with Gasteiger partial charge in [-0.3, -0.25) is 5.43 Å². The van der Waals surface area contributed by atoms with Crippen molar-refractivity contribution in [3.8, 4) is 0 Å². The molecule has 1 aliphatic heterocycles. The van der Waals surface area contributed by atoms with Gasteiger partial charge in [-0.15, -0.1) is 0 Å². The van der Waals surface area contributed by atoms with Gasteiger partial charge in [0.05, 0.1) is 11.5 Å². The molecule has 5 nitrogen and oxygen atoms in total. The van der Waals surface area contributed by atoms with E-state index in [0.717, 1.165) is 5.56 Å². The maximum Gasteiger partial charge on any atom is 0.187 e. The van der Waals surface area contributed by atoms with E-state index in [1.807, 2.05) is 36.4 Å². The lowest BCUT2D eigenvalue weighted by atomic mass is 10.2. The molecule has 1 aromatic carbocycles. The van der Waals surface area contributed by atoms with Gasteiger partial charge in [0.1, 0.15) is 0 Å². The van der Waals surface area contributed by atoms with Crippen molar-refractivity contribution in [1.82, 2.24) is 10.7 Å². The summed E-state index contributed by atoms with van der Waals surface area (Å²) in [4.78, 5) is 0. The first kappa shape index (κ1) is 15.7. The van der Waals surface area contributed by atoms with Crippen molar-refractivity contribution in [3.63, 3.8) is 0 Å². The van der Waals surface area contributed by atoms with Gasteiger partial charge < -0.3 is 5.32 Å². The number of nitrogens with zero attached hydrogens (tertiary/aromatic N) is 1. The van der Waals surface area contributed by atoms with Crippen LogP contribution in [0.15, 0.2) is 41.5 Å². The Labute approximate surface area is 130 Å². The molecule has 1 heterocycles. The predicted octanol–water partition coefficient (Wildman–Crippen LogP) is 1.34. The zero-order chi connectivity index (χ0) is 15.1. The van der Waals surface area contributed by atoms with Crippen LogP contribution in [0.4, 0.5) is 0 Å². The molecule has 0 aliphatic carbocycles. The van der Waals surface area contributed by atoms with E-state index in [-0.39, 0.29) is 17.5 Å². The summed E-state index contributed by atoms with van der Waals surface area (Å²) in [5, 5.41) is 7.23. The molecule has 0 bridgehead atoms. The van der Waals surface area contributed by atoms with Crippen LogP contribution in [0.2, 0.25) is 0 Å². The normalized spacial score (nSPS) is 20.9. The standard InChI is InChI=1S/C14H17N3O2S2/c18-21(19)10-8-13(11-21)16-14(20)17-15-9-4-7-12-5-2-1-3-6-12/h1-7,9,13H,8,10-11H2,(H2,16,17,20). The van der Waals surface area contributed by atoms with Crippen LogP contribution < -0.4 is 10.7 Å². The molecule has 1 unspecified atom stereocenters. The second-order valence-corrected chi connectivity index (χ2v) is 7.37. The third kappa shape index (κ3) is 5.65. The summed E-state index contributed by atoms with van der Waals surface area (Å²) >= 11 is 5.05. The van der Waals surface area contributed by atoms with Gasteiger partial charge in [-0.1, -0.05) is 36.4 Å². The third-order valence-electron chi connectivity index (χ3n) is 2.98. The first-order chi connectivity index (χ1) is 10.1. The van der Waals surface area contributed by atoms with Crippen LogP contribution in [0.25, 0.3) is 6.08 Å². The molecule has 0 aromatic heterocycles. The number of hydrazone groups is 1. The van der Waals surface area contributed by atoms with Crippen molar-refractivity contribution in [2.24, 2.45) is 5.10 Å². The monoisotopic (exact) mass is 323 g/mol. The van der Waals surface area contributed by atoms with Gasteiger partial charge in [-0.05, 0) is 30.3 Å². The first-order valence-corrected chi connectivity index (χ1v) is 8.80. The van der Waals surface area contributed by atoms with Gasteiger partial charge in [-0.25, -0.2) is 8.42 Å². The Kier molecular flexibility index (Phi) is 5.46. The maximum atomic E-state index is 11.3. The van der Waals surface area contributed by atoms with Gasteiger partial charge >= 0.3 is 0 Å². The topological polar surface area (TPSA) is 70.6 Å². The molecule has 0 saturated carbocycles. The minimum absolute atomic E-state index is 0.120. The second kappa shape index (κ2) is 7.33. The minimum atomic E-state index is -2.90. The lowest BCUT2D eigenvalue weighted by Gasteiger charge is -2.11. The van der Waals surface area contributed by atoms with E-state index < -0.39 is 9.84 Å². The molecule has 2 N–H and O–H groups in total. The van der Waals surface area contributed by atoms with Gasteiger partial charge in [0.15, 0.2) is 14.9 Å². The quantitative estimate of drug-likeness (QED) is 0.497. The molecule has 7 heteroatoms. The number of rotatable bonds is 4. The van der Waals surface area contributed by atoms with E-state index in [4.69, 9.17) is 12.2 Å². The van der Waals surface area contributed by atoms with Gasteiger partial charge in [0.25, 0.3) is 0 Å². The largest absolute Gasteiger partial charge is 0.358 e. The van der Waals surface area contributed by atoms with Crippen molar-refractivity contribution < 1.29 is 8.42 Å². The predicted molar refractivity (Wildman–Crippen MR) is 89.9 cm³/mol. The SMILES string of the molecule is O=S1(=O)CCC(NC(=S)NN=CC=Cc2ccccc2)C1. The highest BCUT2D eigenvalue weighted by atomic mass is 32.2. The first-order valence-electron chi connectivity index (χ1n) is 6.57. The molecule has 1 aromatic rings. The Morgan fingerprint density at radius 3 is 2.76 bits per heavy atom. The van der Waals surface area contributed by atoms with E-state index in [0.29, 0.717) is 11.5 Å². The smallest absolute Gasteiger partial charge is 0.187 e. The van der Waals surface area contributed by atoms with E-state index in [1.54, 1.807) is 12.3 Å². The number of nitrogens with one attached hydrogen (secondary N) is 2. The molecule has 1 saturated heterocycles. The van der Waals surface area contributed by atoms with Crippen LogP contribution in [0.1, 0.15) is 12.0 Å². The fraction of sp³-hybridized carbons (Fsp3) is 0.286. The summed E-state index contributed by atoms with van der Waals surface area (Å²) in [7, 11) is -2.90. The van der Waals surface area contributed by atoms with Crippen LogP contribution in [-0.4, -0.2) is 37.3 Å². The fourth-order valence-electron chi connectivity index (χ4n) is 1.98. The van der Waals surface area contributed by atoms with Crippen LogP contribution in [0.3, 0.4) is 0 Å². The Balaban J connectivity index is 1.72. The average Bonchev–Trinajstić information content (AvgIpc) is 2.78. The molecular weight excluding hydrogens is 306 g/mol. The van der Waals surface area contributed by atoms with Crippen molar-refractivity contribution in [3.05, 3.63) is 42.0 Å². The third-order valence-corrected chi connectivity index (χ3v) is 4.96. The molecule has 2 rings (SSSR count). The molecule has 112 valence electrons. The zero-order valence-corrected chi connectivity index (χ0v) is 13.0. The number of sulfone groups is 1. The van der Waals surface area contributed by atoms with E-state index in [1.165, 1.54) is 0 Å². The minimum Gasteiger partial charge on any atom is -0.358 e. The molecular formula is C14H17N3O2S2. The average molecular weight is 323 g/mol. The number of thiocarbonyl (C=S) groups is 1. The summed E-state index contributed by atoms with van der Waals surface area (Å²) in [6.45, 7) is 0. The number of hydrogen-bond donors (Lipinski definition) is 2. The van der Waals surface area contributed by atoms with Gasteiger partial charge in [0, 0.05) is 12.3 Å². The Morgan fingerprint density at radius 2 is 2.10 bits per heavy atom. The highest BCUT2D eigenvalue weighted by molar-refractivity contribution is 7.91. The lowest BCUT2D eigenvalue weighted by Crippen LogP contribution is -2.40. The van der Waals surface area contributed by atoms with Crippen molar-refractivity contribution in [2.45, 2.75) is 12.5 Å². The number of allylic oxidation sites excluding steroid dienone is 1. The van der Waals surface area contributed by atoms with Crippen molar-refractivity contribution >= 4 is 39.5 Å². The zero-order valence-electron chi connectivity index (χ0n) is 11.4. The molecule has 0 amide bonds. The molecule has 0 spiro atoms. The second-order valence-electron chi connectivity index (χ2n) is 4.73.